The molecule has 0 spiro atoms. The lowest BCUT2D eigenvalue weighted by molar-refractivity contribution is 0.357. The maximum absolute atomic E-state index is 14.5. The number of ether oxygens (including phenoxy) is 1. The van der Waals surface area contributed by atoms with Crippen LogP contribution in [-0.2, 0) is 21.3 Å². The summed E-state index contributed by atoms with van der Waals surface area (Å²) in [5.74, 6) is -1.61. The van der Waals surface area contributed by atoms with Gasteiger partial charge in [-0.2, -0.15) is 5.26 Å². The first-order valence-electron chi connectivity index (χ1n) is 10.3. The molecule has 5 rings (SSSR count). The highest BCUT2D eigenvalue weighted by Crippen LogP contribution is 2.52. The maximum atomic E-state index is 14.5. The molecule has 9 heteroatoms. The summed E-state index contributed by atoms with van der Waals surface area (Å²) < 4.78 is 50.4. The standard InChI is InChI=1S/C25H17BrFN3O3S/c26-19-10-4-2-8-16(19)22-18(13-28)25(29)33-23-17-9-3-6-12-21(17)30(34(31,32)24(22)23)14-15-7-1-5-11-20(15)27/h1-12,22H,14,29H2. The molecule has 6 nitrogen and oxygen atoms in total. The number of sulfonamides is 1. The summed E-state index contributed by atoms with van der Waals surface area (Å²) in [5, 5.41) is 9.91. The van der Waals surface area contributed by atoms with Gasteiger partial charge in [0.2, 0.25) is 5.88 Å². The Kier molecular flexibility index (Phi) is 5.42. The molecule has 0 saturated heterocycles. The van der Waals surface area contributed by atoms with E-state index in [1.54, 1.807) is 66.7 Å². The summed E-state index contributed by atoms with van der Waals surface area (Å²) in [5.41, 5.74) is 7.70. The summed E-state index contributed by atoms with van der Waals surface area (Å²) in [6, 6.07) is 21.9. The summed E-state index contributed by atoms with van der Waals surface area (Å²) in [4.78, 5) is -0.111. The zero-order valence-corrected chi connectivity index (χ0v) is 20.0. The molecule has 0 saturated carbocycles. The predicted octanol–water partition coefficient (Wildman–Crippen LogP) is 5.11. The van der Waals surface area contributed by atoms with E-state index in [2.05, 4.69) is 15.9 Å². The van der Waals surface area contributed by atoms with Crippen LogP contribution in [-0.4, -0.2) is 8.42 Å². The summed E-state index contributed by atoms with van der Waals surface area (Å²) in [7, 11) is -4.27. The molecule has 0 aromatic heterocycles. The van der Waals surface area contributed by atoms with Gasteiger partial charge in [-0.25, -0.2) is 12.8 Å². The van der Waals surface area contributed by atoms with Crippen LogP contribution in [0.4, 0.5) is 10.1 Å². The van der Waals surface area contributed by atoms with Gasteiger partial charge in [-0.3, -0.25) is 4.31 Å². The Morgan fingerprint density at radius 3 is 2.47 bits per heavy atom. The third-order valence-electron chi connectivity index (χ3n) is 5.85. The normalized spacial score (nSPS) is 18.6. The van der Waals surface area contributed by atoms with Gasteiger partial charge in [0, 0.05) is 15.6 Å². The first-order chi connectivity index (χ1) is 16.3. The number of halogens is 2. The lowest BCUT2D eigenvalue weighted by atomic mass is 9.88. The maximum Gasteiger partial charge on any atom is 0.265 e. The van der Waals surface area contributed by atoms with E-state index in [1.807, 2.05) is 6.07 Å². The van der Waals surface area contributed by atoms with Crippen molar-refractivity contribution in [1.82, 2.24) is 0 Å². The smallest absolute Gasteiger partial charge is 0.265 e. The minimum absolute atomic E-state index is 0.0144. The number of anilines is 1. The van der Waals surface area contributed by atoms with Crippen LogP contribution >= 0.6 is 15.9 Å². The highest BCUT2D eigenvalue weighted by Gasteiger charge is 2.47. The molecular weight excluding hydrogens is 521 g/mol. The highest BCUT2D eigenvalue weighted by atomic mass is 79.9. The zero-order valence-electron chi connectivity index (χ0n) is 17.6. The van der Waals surface area contributed by atoms with E-state index in [4.69, 9.17) is 10.5 Å². The number of hydrogen-bond acceptors (Lipinski definition) is 5. The van der Waals surface area contributed by atoms with E-state index in [1.165, 1.54) is 6.07 Å². The number of para-hydroxylation sites is 1. The number of fused-ring (bicyclic) bond motifs is 2. The van der Waals surface area contributed by atoms with E-state index < -0.39 is 21.8 Å². The van der Waals surface area contributed by atoms with Crippen molar-refractivity contribution >= 4 is 37.4 Å². The monoisotopic (exact) mass is 537 g/mol. The van der Waals surface area contributed by atoms with E-state index in [0.717, 1.165) is 4.31 Å². The van der Waals surface area contributed by atoms with Crippen molar-refractivity contribution in [2.75, 3.05) is 4.31 Å². The Hall–Kier alpha value is -3.61. The Balaban J connectivity index is 1.79. The van der Waals surface area contributed by atoms with Crippen LogP contribution in [0.1, 0.15) is 22.6 Å². The summed E-state index contributed by atoms with van der Waals surface area (Å²) in [6.07, 6.45) is 0. The third kappa shape index (κ3) is 3.38. The van der Waals surface area contributed by atoms with Crippen molar-refractivity contribution in [2.24, 2.45) is 5.73 Å². The third-order valence-corrected chi connectivity index (χ3v) is 8.45. The fourth-order valence-electron chi connectivity index (χ4n) is 4.28. The van der Waals surface area contributed by atoms with Crippen molar-refractivity contribution in [2.45, 2.75) is 12.5 Å². The lowest BCUT2D eigenvalue weighted by Crippen LogP contribution is -2.39. The van der Waals surface area contributed by atoms with Crippen LogP contribution in [0.3, 0.4) is 0 Å². The molecule has 2 aliphatic rings. The Bertz CT molecular complexity index is 1540. The zero-order chi connectivity index (χ0) is 24.0. The Morgan fingerprint density at radius 2 is 1.74 bits per heavy atom. The number of nitrogens with zero attached hydrogens (tertiary/aromatic N) is 2. The fourth-order valence-corrected chi connectivity index (χ4v) is 6.69. The summed E-state index contributed by atoms with van der Waals surface area (Å²) in [6.45, 7) is -0.230. The topological polar surface area (TPSA) is 96.4 Å². The quantitative estimate of drug-likeness (QED) is 0.500. The van der Waals surface area contributed by atoms with Crippen molar-refractivity contribution in [3.05, 3.63) is 116 Å². The molecule has 0 amide bonds. The van der Waals surface area contributed by atoms with Gasteiger partial charge < -0.3 is 10.5 Å². The molecule has 170 valence electrons. The average molecular weight is 538 g/mol. The molecule has 0 aliphatic carbocycles. The van der Waals surface area contributed by atoms with Gasteiger partial charge in [0.15, 0.2) is 5.76 Å². The molecule has 3 aromatic carbocycles. The van der Waals surface area contributed by atoms with Gasteiger partial charge in [0.05, 0.1) is 18.2 Å². The van der Waals surface area contributed by atoms with Crippen molar-refractivity contribution in [1.29, 1.82) is 5.26 Å². The van der Waals surface area contributed by atoms with Crippen LogP contribution in [0.15, 0.2) is 93.6 Å². The number of allylic oxidation sites excluding steroid dienone is 2. The molecule has 34 heavy (non-hydrogen) atoms. The van der Waals surface area contributed by atoms with Gasteiger partial charge >= 0.3 is 0 Å². The first kappa shape index (κ1) is 22.2. The van der Waals surface area contributed by atoms with Crippen LogP contribution in [0, 0.1) is 17.1 Å². The van der Waals surface area contributed by atoms with Crippen LogP contribution in [0.2, 0.25) is 0 Å². The van der Waals surface area contributed by atoms with Gasteiger partial charge in [0.1, 0.15) is 22.4 Å². The molecule has 1 unspecified atom stereocenters. The largest absolute Gasteiger partial charge is 0.439 e. The highest BCUT2D eigenvalue weighted by molar-refractivity contribution is 9.10. The molecule has 2 aliphatic heterocycles. The molecule has 0 bridgehead atoms. The van der Waals surface area contributed by atoms with E-state index >= 15 is 0 Å². The van der Waals surface area contributed by atoms with Crippen molar-refractivity contribution in [3.63, 3.8) is 0 Å². The van der Waals surface area contributed by atoms with Crippen molar-refractivity contribution < 1.29 is 17.5 Å². The Labute approximate surface area is 204 Å². The first-order valence-corrected chi connectivity index (χ1v) is 12.5. The van der Waals surface area contributed by atoms with E-state index in [0.29, 0.717) is 21.3 Å². The van der Waals surface area contributed by atoms with Gasteiger partial charge in [0.25, 0.3) is 10.0 Å². The molecule has 0 fully saturated rings. The second-order valence-electron chi connectivity index (χ2n) is 7.76. The van der Waals surface area contributed by atoms with Crippen LogP contribution in [0.5, 0.6) is 0 Å². The lowest BCUT2D eigenvalue weighted by Gasteiger charge is -2.38. The summed E-state index contributed by atoms with van der Waals surface area (Å²) >= 11 is 3.48. The van der Waals surface area contributed by atoms with Crippen LogP contribution < -0.4 is 10.0 Å². The number of benzene rings is 3. The number of rotatable bonds is 3. The number of hydrogen-bond donors (Lipinski definition) is 1. The van der Waals surface area contributed by atoms with Gasteiger partial charge in [-0.1, -0.05) is 64.5 Å². The molecule has 2 N–H and O–H groups in total. The second kappa shape index (κ2) is 8.31. The van der Waals surface area contributed by atoms with Gasteiger partial charge in [-0.15, -0.1) is 0 Å². The molecule has 3 aromatic rings. The Morgan fingerprint density at radius 1 is 1.06 bits per heavy atom. The fraction of sp³-hybridized carbons (Fsp3) is 0.0800. The molecule has 1 atom stereocenters. The van der Waals surface area contributed by atoms with E-state index in [-0.39, 0.29) is 34.2 Å². The molecular formula is C25H17BrFN3O3S. The minimum atomic E-state index is -4.27. The number of nitrogens with two attached hydrogens (primary N) is 1. The minimum Gasteiger partial charge on any atom is -0.439 e. The predicted molar refractivity (Wildman–Crippen MR) is 130 cm³/mol. The average Bonchev–Trinajstić information content (AvgIpc) is 2.82. The van der Waals surface area contributed by atoms with Crippen LogP contribution in [0.25, 0.3) is 5.76 Å². The van der Waals surface area contributed by atoms with Gasteiger partial charge in [-0.05, 0) is 29.8 Å². The molecule has 0 radical (unpaired) electrons. The second-order valence-corrected chi connectivity index (χ2v) is 10.4. The molecule has 2 heterocycles. The van der Waals surface area contributed by atoms with Crippen molar-refractivity contribution in [3.8, 4) is 6.07 Å². The SMILES string of the molecule is N#CC1=C(N)OC2=C(C1c1ccccc1Br)S(=O)(=O)N(Cc1ccccc1F)c1ccccc12. The van der Waals surface area contributed by atoms with E-state index in [9.17, 15) is 18.1 Å². The number of nitriles is 1.